The summed E-state index contributed by atoms with van der Waals surface area (Å²) in [6.07, 6.45) is 8.88. The minimum absolute atomic E-state index is 0.287. The van der Waals surface area contributed by atoms with Gasteiger partial charge in [0, 0.05) is 18.4 Å². The molecule has 1 saturated carbocycles. The van der Waals surface area contributed by atoms with Crippen LogP contribution in [-0.2, 0) is 5.41 Å². The van der Waals surface area contributed by atoms with Gasteiger partial charge in [-0.25, -0.2) is 4.98 Å². The molecule has 3 heteroatoms. The van der Waals surface area contributed by atoms with Crippen LogP contribution in [0.25, 0.3) is 0 Å². The molecule has 4 rings (SSSR count). The van der Waals surface area contributed by atoms with Gasteiger partial charge in [0.1, 0.15) is 5.41 Å². The predicted octanol–water partition coefficient (Wildman–Crippen LogP) is 4.73. The molecule has 2 atom stereocenters. The Balaban J connectivity index is 1.78. The lowest BCUT2D eigenvalue weighted by atomic mass is 9.66. The fourth-order valence-electron chi connectivity index (χ4n) is 4.37. The molecule has 1 unspecified atom stereocenters. The molecular weight excluding hydrogens is 306 g/mol. The Labute approximate surface area is 148 Å². The zero-order valence-electron chi connectivity index (χ0n) is 14.1. The first-order chi connectivity index (χ1) is 12.3. The minimum Gasteiger partial charge on any atom is -0.334 e. The molecule has 0 aliphatic heterocycles. The molecule has 0 N–H and O–H groups in total. The van der Waals surface area contributed by atoms with Gasteiger partial charge in [-0.15, -0.1) is 0 Å². The fourth-order valence-corrected chi connectivity index (χ4v) is 4.37. The first-order valence-corrected chi connectivity index (χ1v) is 8.84. The van der Waals surface area contributed by atoms with Gasteiger partial charge in [-0.2, -0.15) is 5.26 Å². The molecule has 3 aromatic rings. The summed E-state index contributed by atoms with van der Waals surface area (Å²) in [5.41, 5.74) is 1.60. The van der Waals surface area contributed by atoms with Crippen molar-refractivity contribution in [2.24, 2.45) is 5.92 Å². The van der Waals surface area contributed by atoms with Gasteiger partial charge in [0.05, 0.1) is 12.4 Å². The van der Waals surface area contributed by atoms with E-state index in [1.54, 1.807) is 0 Å². The van der Waals surface area contributed by atoms with Crippen LogP contribution in [0, 0.1) is 17.2 Å². The quantitative estimate of drug-likeness (QED) is 0.695. The summed E-state index contributed by atoms with van der Waals surface area (Å²) < 4.78 is 2.19. The molecule has 0 bridgehead atoms. The van der Waals surface area contributed by atoms with Crippen molar-refractivity contribution in [3.8, 4) is 6.07 Å². The van der Waals surface area contributed by atoms with E-state index in [-0.39, 0.29) is 5.92 Å². The van der Waals surface area contributed by atoms with E-state index in [2.05, 4.69) is 39.9 Å². The largest absolute Gasteiger partial charge is 0.334 e. The van der Waals surface area contributed by atoms with E-state index in [0.717, 1.165) is 30.4 Å². The third-order valence-electron chi connectivity index (χ3n) is 5.60. The smallest absolute Gasteiger partial charge is 0.110 e. The molecule has 1 fully saturated rings. The van der Waals surface area contributed by atoms with Crippen LogP contribution in [-0.4, -0.2) is 9.55 Å². The molecule has 0 radical (unpaired) electrons. The summed E-state index contributed by atoms with van der Waals surface area (Å²) in [5.74, 6) is 0.287. The second kappa shape index (κ2) is 6.57. The maximum Gasteiger partial charge on any atom is 0.110 e. The van der Waals surface area contributed by atoms with Crippen LogP contribution >= 0.6 is 0 Å². The molecule has 25 heavy (non-hydrogen) atoms. The average molecular weight is 327 g/mol. The monoisotopic (exact) mass is 327 g/mol. The van der Waals surface area contributed by atoms with E-state index in [4.69, 9.17) is 0 Å². The molecule has 1 aromatic heterocycles. The van der Waals surface area contributed by atoms with Crippen LogP contribution in [0.2, 0.25) is 0 Å². The van der Waals surface area contributed by atoms with Gasteiger partial charge >= 0.3 is 0 Å². The number of aromatic nitrogens is 2. The SMILES string of the molecule is N#CC(c1ccccc1)(c1ccccc1)C1CC[C@H](n2ccnc2)C1. The van der Waals surface area contributed by atoms with Crippen molar-refractivity contribution in [1.29, 1.82) is 5.26 Å². The molecule has 0 amide bonds. The van der Waals surface area contributed by atoms with Gasteiger partial charge in [-0.3, -0.25) is 0 Å². The second-order valence-electron chi connectivity index (χ2n) is 6.83. The third-order valence-corrected chi connectivity index (χ3v) is 5.60. The van der Waals surface area contributed by atoms with Crippen LogP contribution in [0.3, 0.4) is 0 Å². The number of rotatable bonds is 4. The van der Waals surface area contributed by atoms with Crippen molar-refractivity contribution < 1.29 is 0 Å². The number of imidazole rings is 1. The topological polar surface area (TPSA) is 41.6 Å². The molecule has 124 valence electrons. The van der Waals surface area contributed by atoms with Crippen molar-refractivity contribution in [1.82, 2.24) is 9.55 Å². The lowest BCUT2D eigenvalue weighted by Gasteiger charge is -2.34. The first kappa shape index (κ1) is 15.7. The Morgan fingerprint density at radius 1 is 0.960 bits per heavy atom. The van der Waals surface area contributed by atoms with E-state index < -0.39 is 5.41 Å². The highest BCUT2D eigenvalue weighted by Gasteiger charge is 2.46. The molecule has 1 aliphatic carbocycles. The number of hydrogen-bond donors (Lipinski definition) is 0. The zero-order valence-corrected chi connectivity index (χ0v) is 14.1. The normalized spacial score (nSPS) is 20.3. The highest BCUT2D eigenvalue weighted by Crippen LogP contribution is 2.49. The van der Waals surface area contributed by atoms with E-state index in [1.165, 1.54) is 0 Å². The summed E-state index contributed by atoms with van der Waals surface area (Å²) in [5, 5.41) is 10.4. The Morgan fingerprint density at radius 3 is 2.12 bits per heavy atom. The van der Waals surface area contributed by atoms with Crippen molar-refractivity contribution in [2.75, 3.05) is 0 Å². The first-order valence-electron chi connectivity index (χ1n) is 8.84. The van der Waals surface area contributed by atoms with Gasteiger partial charge in [0.15, 0.2) is 0 Å². The maximum absolute atomic E-state index is 10.4. The number of nitrogens with zero attached hydrogens (tertiary/aromatic N) is 3. The highest BCUT2D eigenvalue weighted by molar-refractivity contribution is 5.47. The lowest BCUT2D eigenvalue weighted by molar-refractivity contribution is 0.381. The summed E-state index contributed by atoms with van der Waals surface area (Å²) in [6, 6.07) is 23.7. The second-order valence-corrected chi connectivity index (χ2v) is 6.83. The van der Waals surface area contributed by atoms with Gasteiger partial charge in [0.25, 0.3) is 0 Å². The van der Waals surface area contributed by atoms with Crippen molar-refractivity contribution >= 4 is 0 Å². The van der Waals surface area contributed by atoms with Crippen LogP contribution in [0.1, 0.15) is 36.4 Å². The van der Waals surface area contributed by atoms with Crippen LogP contribution < -0.4 is 0 Å². The molecule has 0 saturated heterocycles. The molecule has 1 heterocycles. The molecule has 1 aliphatic rings. The van der Waals surface area contributed by atoms with E-state index in [9.17, 15) is 5.26 Å². The summed E-state index contributed by atoms with van der Waals surface area (Å²) in [6.45, 7) is 0. The minimum atomic E-state index is -0.599. The standard InChI is InChI=1S/C22H21N3/c23-16-22(18-7-3-1-4-8-18,19-9-5-2-6-10-19)20-11-12-21(15-20)25-14-13-24-17-25/h1-10,13-14,17,20-21H,11-12,15H2/t20?,21-/m0/s1. The third kappa shape index (κ3) is 2.64. The van der Waals surface area contributed by atoms with Gasteiger partial charge in [-0.05, 0) is 36.3 Å². The Kier molecular flexibility index (Phi) is 4.11. The lowest BCUT2D eigenvalue weighted by Crippen LogP contribution is -2.34. The summed E-state index contributed by atoms with van der Waals surface area (Å²) in [7, 11) is 0. The van der Waals surface area contributed by atoms with Crippen molar-refractivity contribution in [3.63, 3.8) is 0 Å². The average Bonchev–Trinajstić information content (AvgIpc) is 3.37. The highest BCUT2D eigenvalue weighted by atomic mass is 15.1. The fraction of sp³-hybridized carbons (Fsp3) is 0.273. The van der Waals surface area contributed by atoms with Crippen LogP contribution in [0.4, 0.5) is 0 Å². The Bertz CT molecular complexity index is 808. The van der Waals surface area contributed by atoms with Crippen molar-refractivity contribution in [2.45, 2.75) is 30.7 Å². The molecule has 0 spiro atoms. The molecule has 2 aromatic carbocycles. The van der Waals surface area contributed by atoms with Gasteiger partial charge < -0.3 is 4.57 Å². The number of benzene rings is 2. The number of hydrogen-bond acceptors (Lipinski definition) is 2. The van der Waals surface area contributed by atoms with Gasteiger partial charge in [-0.1, -0.05) is 60.7 Å². The Hall–Kier alpha value is -2.86. The van der Waals surface area contributed by atoms with Crippen LogP contribution in [0.5, 0.6) is 0 Å². The number of nitriles is 1. The summed E-state index contributed by atoms with van der Waals surface area (Å²) in [4.78, 5) is 4.19. The summed E-state index contributed by atoms with van der Waals surface area (Å²) >= 11 is 0. The van der Waals surface area contributed by atoms with Crippen LogP contribution in [0.15, 0.2) is 79.4 Å². The van der Waals surface area contributed by atoms with E-state index in [1.807, 2.05) is 55.1 Å². The zero-order chi connectivity index (χ0) is 17.1. The van der Waals surface area contributed by atoms with Gasteiger partial charge in [0.2, 0.25) is 0 Å². The molecule has 3 nitrogen and oxygen atoms in total. The predicted molar refractivity (Wildman–Crippen MR) is 97.9 cm³/mol. The van der Waals surface area contributed by atoms with E-state index >= 15 is 0 Å². The van der Waals surface area contributed by atoms with E-state index in [0.29, 0.717) is 6.04 Å². The molecular formula is C22H21N3. The van der Waals surface area contributed by atoms with Crippen molar-refractivity contribution in [3.05, 3.63) is 90.5 Å². The maximum atomic E-state index is 10.4. The Morgan fingerprint density at radius 2 is 1.60 bits per heavy atom.